The number of anilines is 2. The summed E-state index contributed by atoms with van der Waals surface area (Å²) >= 11 is 0. The van der Waals surface area contributed by atoms with Crippen molar-refractivity contribution in [1.29, 1.82) is 0 Å². The second-order valence-corrected chi connectivity index (χ2v) is 9.57. The van der Waals surface area contributed by atoms with Gasteiger partial charge in [0.2, 0.25) is 5.88 Å². The van der Waals surface area contributed by atoms with Crippen molar-refractivity contribution in [3.05, 3.63) is 59.8 Å². The molecule has 0 radical (unpaired) electrons. The van der Waals surface area contributed by atoms with Crippen LogP contribution in [0.2, 0.25) is 0 Å². The van der Waals surface area contributed by atoms with Crippen molar-refractivity contribution >= 4 is 28.5 Å². The predicted octanol–water partition coefficient (Wildman–Crippen LogP) is 3.63. The summed E-state index contributed by atoms with van der Waals surface area (Å²) in [6, 6.07) is 8.20. The number of benzene rings is 1. The Morgan fingerprint density at radius 2 is 1.94 bits per heavy atom. The maximum atomic E-state index is 14.7. The van der Waals surface area contributed by atoms with Gasteiger partial charge in [-0.05, 0) is 36.2 Å². The molecule has 0 fully saturated rings. The molecule has 3 heterocycles. The van der Waals surface area contributed by atoms with Crippen LogP contribution in [0.3, 0.4) is 0 Å². The van der Waals surface area contributed by atoms with E-state index in [0.717, 1.165) is 11.8 Å². The van der Waals surface area contributed by atoms with E-state index in [9.17, 15) is 17.8 Å². The molecule has 1 unspecified atom stereocenters. The number of nitrogens with zero attached hydrogens (tertiary/aromatic N) is 2. The third-order valence-electron chi connectivity index (χ3n) is 5.18. The largest absolute Gasteiger partial charge is 0.493 e. The minimum atomic E-state index is -1.20. The third-order valence-corrected chi connectivity index (χ3v) is 6.58. The maximum Gasteiger partial charge on any atom is 0.312 e. The van der Waals surface area contributed by atoms with E-state index in [2.05, 4.69) is 20.6 Å². The molecule has 0 spiro atoms. The number of hydrogen-bond acceptors (Lipinski definition) is 7. The first-order chi connectivity index (χ1) is 17.4. The zero-order chi connectivity index (χ0) is 25.5. The zero-order valence-electron chi connectivity index (χ0n) is 19.3. The van der Waals surface area contributed by atoms with E-state index < -0.39 is 28.5 Å². The third kappa shape index (κ3) is 6.87. The van der Waals surface area contributed by atoms with Crippen molar-refractivity contribution in [2.45, 2.75) is 18.6 Å². The Kier molecular flexibility index (Phi) is 8.26. The van der Waals surface area contributed by atoms with Gasteiger partial charge in [-0.3, -0.25) is 4.21 Å². The number of primary amides is 1. The van der Waals surface area contributed by atoms with Crippen LogP contribution >= 0.6 is 0 Å². The summed E-state index contributed by atoms with van der Waals surface area (Å²) in [4.78, 5) is 19.3. The normalized spacial score (nSPS) is 13.7. The van der Waals surface area contributed by atoms with Crippen molar-refractivity contribution in [3.8, 4) is 22.8 Å². The van der Waals surface area contributed by atoms with Gasteiger partial charge in [0.05, 0.1) is 19.4 Å². The van der Waals surface area contributed by atoms with Gasteiger partial charge in [-0.25, -0.2) is 18.6 Å². The lowest BCUT2D eigenvalue weighted by Crippen LogP contribution is -2.30. The first kappa shape index (κ1) is 25.3. The number of carbonyl (C=O) groups is 1. The van der Waals surface area contributed by atoms with Gasteiger partial charge in [0.15, 0.2) is 0 Å². The molecule has 9 nitrogen and oxygen atoms in total. The Labute approximate surface area is 208 Å². The van der Waals surface area contributed by atoms with Crippen molar-refractivity contribution in [3.63, 3.8) is 0 Å². The second-order valence-electron chi connectivity index (χ2n) is 8.00. The lowest BCUT2D eigenvalue weighted by molar-refractivity contribution is 0.242. The number of amides is 2. The molecular formula is C24H25F2N5O4S. The van der Waals surface area contributed by atoms with Gasteiger partial charge >= 0.3 is 6.03 Å². The zero-order valence-corrected chi connectivity index (χ0v) is 20.1. The van der Waals surface area contributed by atoms with Crippen LogP contribution in [-0.2, 0) is 16.6 Å². The number of pyridine rings is 2. The molecule has 190 valence electrons. The van der Waals surface area contributed by atoms with E-state index in [0.29, 0.717) is 48.2 Å². The number of nitrogens with two attached hydrogens (primary N) is 1. The van der Waals surface area contributed by atoms with Gasteiger partial charge in [0.25, 0.3) is 0 Å². The molecule has 12 heteroatoms. The summed E-state index contributed by atoms with van der Waals surface area (Å²) in [5, 5.41) is 5.51. The average Bonchev–Trinajstić information content (AvgIpc) is 2.82. The van der Waals surface area contributed by atoms with Gasteiger partial charge in [0, 0.05) is 58.5 Å². The first-order valence-corrected chi connectivity index (χ1v) is 12.7. The molecule has 0 saturated carbocycles. The lowest BCUT2D eigenvalue weighted by atomic mass is 10.0. The summed E-state index contributed by atoms with van der Waals surface area (Å²) in [5.74, 6) is 0.753. The molecule has 1 atom stereocenters. The van der Waals surface area contributed by atoms with Crippen molar-refractivity contribution in [2.24, 2.45) is 5.73 Å². The van der Waals surface area contributed by atoms with Gasteiger partial charge in [-0.2, -0.15) is 4.98 Å². The monoisotopic (exact) mass is 517 g/mol. The van der Waals surface area contributed by atoms with Crippen molar-refractivity contribution < 1.29 is 27.3 Å². The highest BCUT2D eigenvalue weighted by atomic mass is 32.2. The summed E-state index contributed by atoms with van der Waals surface area (Å²) < 4.78 is 52.6. The number of nitrogens with one attached hydrogen (secondary N) is 2. The van der Waals surface area contributed by atoms with E-state index in [4.69, 9.17) is 15.2 Å². The minimum absolute atomic E-state index is 0.192. The molecule has 4 rings (SSSR count). The number of hydrogen-bond donors (Lipinski definition) is 3. The van der Waals surface area contributed by atoms with Gasteiger partial charge < -0.3 is 25.8 Å². The fourth-order valence-electron chi connectivity index (χ4n) is 3.58. The number of aromatic nitrogens is 2. The number of rotatable bonds is 6. The quantitative estimate of drug-likeness (QED) is 0.426. The SMILES string of the molecule is NC(=O)NCCCS(=O)Cc1cc2nc(c1)OCCCOc1cc(F)ccc1-c1cc(ncc1F)N2. The molecule has 1 aromatic carbocycles. The van der Waals surface area contributed by atoms with Crippen LogP contribution < -0.4 is 25.8 Å². The molecule has 1 aliphatic rings. The highest BCUT2D eigenvalue weighted by Crippen LogP contribution is 2.34. The Hall–Kier alpha value is -3.80. The van der Waals surface area contributed by atoms with Crippen LogP contribution in [0.15, 0.2) is 42.6 Å². The molecule has 0 saturated heterocycles. The molecule has 0 aliphatic carbocycles. The smallest absolute Gasteiger partial charge is 0.312 e. The van der Waals surface area contributed by atoms with E-state index in [1.807, 2.05) is 0 Å². The highest BCUT2D eigenvalue weighted by molar-refractivity contribution is 7.84. The van der Waals surface area contributed by atoms with Crippen LogP contribution in [0.4, 0.5) is 25.2 Å². The fourth-order valence-corrected chi connectivity index (χ4v) is 4.73. The summed E-state index contributed by atoms with van der Waals surface area (Å²) in [6.45, 7) is 0.819. The lowest BCUT2D eigenvalue weighted by Gasteiger charge is -2.16. The van der Waals surface area contributed by atoms with E-state index >= 15 is 0 Å². The summed E-state index contributed by atoms with van der Waals surface area (Å²) in [6.07, 6.45) is 2.04. The first-order valence-electron chi connectivity index (χ1n) is 11.2. The van der Waals surface area contributed by atoms with Crippen LogP contribution in [0.25, 0.3) is 11.1 Å². The maximum absolute atomic E-state index is 14.7. The Bertz CT molecular complexity index is 1280. The average molecular weight is 518 g/mol. The van der Waals surface area contributed by atoms with Crippen molar-refractivity contribution in [1.82, 2.24) is 15.3 Å². The Morgan fingerprint density at radius 3 is 2.78 bits per heavy atom. The number of ether oxygens (including phenoxy) is 2. The molecule has 3 aromatic rings. The van der Waals surface area contributed by atoms with Gasteiger partial charge in [0.1, 0.15) is 29.0 Å². The Balaban J connectivity index is 1.60. The van der Waals surface area contributed by atoms with E-state index in [1.54, 1.807) is 12.1 Å². The molecule has 4 N–H and O–H groups in total. The second kappa shape index (κ2) is 11.8. The van der Waals surface area contributed by atoms with Crippen LogP contribution in [0, 0.1) is 11.6 Å². The fraction of sp³-hybridized carbons (Fsp3) is 0.292. The van der Waals surface area contributed by atoms with E-state index in [-0.39, 0.29) is 30.3 Å². The Morgan fingerprint density at radius 1 is 1.11 bits per heavy atom. The minimum Gasteiger partial charge on any atom is -0.493 e. The van der Waals surface area contributed by atoms with Crippen LogP contribution in [0.5, 0.6) is 11.6 Å². The van der Waals surface area contributed by atoms with Gasteiger partial charge in [-0.1, -0.05) is 0 Å². The standard InChI is InChI=1S/C24H25F2N5O4S/c25-16-3-4-17-18-12-21(29-13-19(18)26)30-22-9-15(14-36(33)8-1-5-28-24(27)32)10-23(31-22)35-7-2-6-34-20(17)11-16/h3-4,9-13H,1-2,5-8,14H2,(H3,27,28,32)(H,29,30,31). The van der Waals surface area contributed by atoms with E-state index in [1.165, 1.54) is 24.3 Å². The van der Waals surface area contributed by atoms with Crippen LogP contribution in [0.1, 0.15) is 18.4 Å². The molecular weight excluding hydrogens is 492 g/mol. The molecule has 2 aromatic heterocycles. The van der Waals surface area contributed by atoms with Crippen LogP contribution in [-0.4, -0.2) is 45.7 Å². The number of halogens is 2. The molecule has 2 amide bonds. The molecule has 4 bridgehead atoms. The number of fused-ring (bicyclic) bond motifs is 6. The summed E-state index contributed by atoms with van der Waals surface area (Å²) in [5.41, 5.74) is 6.34. The topological polar surface area (TPSA) is 128 Å². The summed E-state index contributed by atoms with van der Waals surface area (Å²) in [7, 11) is -1.20. The number of urea groups is 1. The highest BCUT2D eigenvalue weighted by Gasteiger charge is 2.16. The van der Waals surface area contributed by atoms with Gasteiger partial charge in [-0.15, -0.1) is 0 Å². The number of carbonyl (C=O) groups excluding carboxylic acids is 1. The predicted molar refractivity (Wildman–Crippen MR) is 132 cm³/mol. The van der Waals surface area contributed by atoms with Crippen molar-refractivity contribution in [2.75, 3.05) is 30.8 Å². The molecule has 1 aliphatic heterocycles. The molecule has 36 heavy (non-hydrogen) atoms.